The summed E-state index contributed by atoms with van der Waals surface area (Å²) in [5.74, 6) is -0.236. The molecule has 7 nitrogen and oxygen atoms in total. The van der Waals surface area contributed by atoms with Gasteiger partial charge in [0.2, 0.25) is 0 Å². The van der Waals surface area contributed by atoms with E-state index in [2.05, 4.69) is 15.6 Å². The third kappa shape index (κ3) is 4.42. The van der Waals surface area contributed by atoms with Gasteiger partial charge in [-0.1, -0.05) is 11.8 Å². The quantitative estimate of drug-likeness (QED) is 0.644. The highest BCUT2D eigenvalue weighted by molar-refractivity contribution is 7.99. The monoisotopic (exact) mass is 367 g/mol. The maximum Gasteiger partial charge on any atom is 0.316 e. The molecule has 132 valence electrons. The lowest BCUT2D eigenvalue weighted by Crippen LogP contribution is -2.19. The fourth-order valence-electron chi connectivity index (χ4n) is 2.21. The average Bonchev–Trinajstić information content (AvgIpc) is 3.01. The zero-order chi connectivity index (χ0) is 18.5. The van der Waals surface area contributed by atoms with E-state index in [9.17, 15) is 9.59 Å². The van der Waals surface area contributed by atoms with Gasteiger partial charge in [-0.3, -0.25) is 4.79 Å². The van der Waals surface area contributed by atoms with Crippen LogP contribution in [-0.4, -0.2) is 21.5 Å². The van der Waals surface area contributed by atoms with Crippen molar-refractivity contribution in [1.29, 1.82) is 0 Å². The number of amides is 3. The largest absolute Gasteiger partial charge is 0.351 e. The number of carbonyl (C=O) groups is 2. The Morgan fingerprint density at radius 1 is 1.00 bits per heavy atom. The Morgan fingerprint density at radius 3 is 2.19 bits per heavy atom. The van der Waals surface area contributed by atoms with Crippen LogP contribution in [0.3, 0.4) is 0 Å². The van der Waals surface area contributed by atoms with Crippen molar-refractivity contribution in [3.05, 3.63) is 66.5 Å². The number of hydrogen-bond donors (Lipinski definition) is 3. The Kier molecular flexibility index (Phi) is 5.23. The summed E-state index contributed by atoms with van der Waals surface area (Å²) in [6.45, 7) is 0. The van der Waals surface area contributed by atoms with Crippen LogP contribution in [0.15, 0.2) is 71.0 Å². The molecule has 3 aromatic rings. The Bertz CT molecular complexity index is 920. The molecule has 0 saturated carbocycles. The highest BCUT2D eigenvalue weighted by atomic mass is 32.2. The predicted molar refractivity (Wildman–Crippen MR) is 101 cm³/mol. The van der Waals surface area contributed by atoms with Crippen molar-refractivity contribution < 1.29 is 9.59 Å². The van der Waals surface area contributed by atoms with Crippen molar-refractivity contribution in [3.63, 3.8) is 0 Å². The van der Waals surface area contributed by atoms with Crippen molar-refractivity contribution in [3.8, 4) is 0 Å². The van der Waals surface area contributed by atoms with Gasteiger partial charge in [0.25, 0.3) is 5.91 Å². The molecule has 0 atom stereocenters. The van der Waals surface area contributed by atoms with E-state index in [4.69, 9.17) is 5.73 Å². The Morgan fingerprint density at radius 2 is 1.62 bits per heavy atom. The Hall–Kier alpha value is -3.26. The second kappa shape index (κ2) is 7.75. The van der Waals surface area contributed by atoms with Crippen LogP contribution in [0.4, 0.5) is 16.2 Å². The summed E-state index contributed by atoms with van der Waals surface area (Å²) in [6.07, 6.45) is 3.64. The predicted octanol–water partition coefficient (Wildman–Crippen LogP) is 3.31. The van der Waals surface area contributed by atoms with Gasteiger partial charge in [-0.2, -0.15) is 0 Å². The molecule has 0 aliphatic rings. The van der Waals surface area contributed by atoms with E-state index in [-0.39, 0.29) is 5.91 Å². The van der Waals surface area contributed by atoms with Gasteiger partial charge < -0.3 is 20.9 Å². The van der Waals surface area contributed by atoms with Crippen LogP contribution < -0.4 is 16.4 Å². The zero-order valence-electron chi connectivity index (χ0n) is 14.0. The van der Waals surface area contributed by atoms with E-state index in [1.54, 1.807) is 42.2 Å². The maximum absolute atomic E-state index is 12.3. The molecule has 0 bridgehead atoms. The number of primary amides is 1. The highest BCUT2D eigenvalue weighted by Gasteiger charge is 2.07. The molecule has 2 aromatic carbocycles. The van der Waals surface area contributed by atoms with Crippen molar-refractivity contribution >= 4 is 35.1 Å². The van der Waals surface area contributed by atoms with Crippen LogP contribution in [0.5, 0.6) is 0 Å². The van der Waals surface area contributed by atoms with Crippen molar-refractivity contribution in [2.45, 2.75) is 10.1 Å². The molecular weight excluding hydrogens is 350 g/mol. The lowest BCUT2D eigenvalue weighted by atomic mass is 10.2. The topological polar surface area (TPSA) is 102 Å². The first-order valence-corrected chi connectivity index (χ1v) is 8.56. The molecule has 1 aromatic heterocycles. The second-order valence-corrected chi connectivity index (χ2v) is 6.51. The minimum Gasteiger partial charge on any atom is -0.351 e. The molecule has 0 aliphatic heterocycles. The number of nitrogens with two attached hydrogens (primary N) is 1. The molecule has 0 unspecified atom stereocenters. The smallest absolute Gasteiger partial charge is 0.316 e. The van der Waals surface area contributed by atoms with Crippen molar-refractivity contribution in [2.24, 2.45) is 12.8 Å². The molecule has 26 heavy (non-hydrogen) atoms. The number of nitrogens with zero attached hydrogens (tertiary/aromatic N) is 2. The first kappa shape index (κ1) is 17.6. The number of benzene rings is 2. The third-order valence-corrected chi connectivity index (χ3v) is 4.60. The van der Waals surface area contributed by atoms with E-state index in [0.29, 0.717) is 16.9 Å². The fourth-order valence-corrected chi connectivity index (χ4v) is 3.01. The van der Waals surface area contributed by atoms with Crippen LogP contribution in [0, 0.1) is 0 Å². The first-order chi connectivity index (χ1) is 12.5. The number of aromatic nitrogens is 2. The van der Waals surface area contributed by atoms with Gasteiger partial charge >= 0.3 is 6.03 Å². The summed E-state index contributed by atoms with van der Waals surface area (Å²) in [6, 6.07) is 13.4. The van der Waals surface area contributed by atoms with Crippen molar-refractivity contribution in [1.82, 2.24) is 9.55 Å². The molecular formula is C18H17N5O2S. The van der Waals surface area contributed by atoms with Crippen molar-refractivity contribution in [2.75, 3.05) is 10.6 Å². The lowest BCUT2D eigenvalue weighted by molar-refractivity contribution is 0.102. The van der Waals surface area contributed by atoms with E-state index >= 15 is 0 Å². The third-order valence-electron chi connectivity index (χ3n) is 3.51. The Labute approximate surface area is 154 Å². The van der Waals surface area contributed by atoms with Gasteiger partial charge in [0, 0.05) is 41.3 Å². The number of anilines is 2. The number of rotatable bonds is 5. The fraction of sp³-hybridized carbons (Fsp3) is 0.0556. The highest BCUT2D eigenvalue weighted by Crippen LogP contribution is 2.26. The first-order valence-electron chi connectivity index (χ1n) is 7.74. The summed E-state index contributed by atoms with van der Waals surface area (Å²) in [5.41, 5.74) is 6.75. The maximum atomic E-state index is 12.3. The van der Waals surface area contributed by atoms with E-state index in [1.807, 2.05) is 42.1 Å². The molecule has 3 rings (SSSR count). The SMILES string of the molecule is Cn1ccnc1Sc1ccc(NC(=O)c2ccc(NC(N)=O)cc2)cc1. The standard InChI is InChI=1S/C18H17N5O2S/c1-23-11-10-20-18(23)26-15-8-6-13(7-9-15)21-16(24)12-2-4-14(5-3-12)22-17(19)25/h2-11H,1H3,(H,21,24)(H3,19,22,25). The molecule has 8 heteroatoms. The molecule has 4 N–H and O–H groups in total. The van der Waals surface area contributed by atoms with Crippen LogP contribution in [0.2, 0.25) is 0 Å². The number of carbonyl (C=O) groups excluding carboxylic acids is 2. The van der Waals surface area contributed by atoms with E-state index in [0.717, 1.165) is 10.1 Å². The molecule has 1 heterocycles. The number of nitrogens with one attached hydrogen (secondary N) is 2. The molecule has 0 saturated heterocycles. The van der Waals surface area contributed by atoms with E-state index < -0.39 is 6.03 Å². The minimum absolute atomic E-state index is 0.236. The van der Waals surface area contributed by atoms with Gasteiger partial charge in [-0.15, -0.1) is 0 Å². The molecule has 0 spiro atoms. The van der Waals surface area contributed by atoms with Gasteiger partial charge in [0.05, 0.1) is 0 Å². The molecule has 3 amide bonds. The van der Waals surface area contributed by atoms with Crippen LogP contribution in [0.1, 0.15) is 10.4 Å². The van der Waals surface area contributed by atoms with Gasteiger partial charge in [-0.25, -0.2) is 9.78 Å². The molecule has 0 fully saturated rings. The summed E-state index contributed by atoms with van der Waals surface area (Å²) in [5, 5.41) is 6.18. The summed E-state index contributed by atoms with van der Waals surface area (Å²) < 4.78 is 1.94. The number of imidazole rings is 1. The molecule has 0 aliphatic carbocycles. The van der Waals surface area contributed by atoms with Gasteiger partial charge in [-0.05, 0) is 48.5 Å². The Balaban J connectivity index is 1.62. The normalized spacial score (nSPS) is 10.3. The summed E-state index contributed by atoms with van der Waals surface area (Å²) >= 11 is 1.55. The average molecular weight is 367 g/mol. The zero-order valence-corrected chi connectivity index (χ0v) is 14.8. The number of hydrogen-bond acceptors (Lipinski definition) is 4. The second-order valence-electron chi connectivity index (χ2n) is 5.47. The van der Waals surface area contributed by atoms with Crippen LogP contribution >= 0.6 is 11.8 Å². The van der Waals surface area contributed by atoms with Crippen LogP contribution in [0.25, 0.3) is 0 Å². The number of urea groups is 1. The van der Waals surface area contributed by atoms with Gasteiger partial charge in [0.1, 0.15) is 0 Å². The lowest BCUT2D eigenvalue weighted by Gasteiger charge is -2.08. The summed E-state index contributed by atoms with van der Waals surface area (Å²) in [7, 11) is 1.94. The number of aryl methyl sites for hydroxylation is 1. The minimum atomic E-state index is -0.647. The van der Waals surface area contributed by atoms with Gasteiger partial charge in [0.15, 0.2) is 5.16 Å². The van der Waals surface area contributed by atoms with E-state index in [1.165, 1.54) is 0 Å². The van der Waals surface area contributed by atoms with Crippen LogP contribution in [-0.2, 0) is 7.05 Å². The summed E-state index contributed by atoms with van der Waals surface area (Å²) in [4.78, 5) is 28.4. The molecule has 0 radical (unpaired) electrons.